The van der Waals surface area contributed by atoms with Gasteiger partial charge in [0.05, 0.1) is 31.8 Å². The Balaban J connectivity index is 2.27. The average Bonchev–Trinajstić information content (AvgIpc) is 2.80. The number of hydrogen-bond acceptors (Lipinski definition) is 4. The summed E-state index contributed by atoms with van der Waals surface area (Å²) in [7, 11) is 1.58. The van der Waals surface area contributed by atoms with Crippen LogP contribution in [0.3, 0.4) is 0 Å². The van der Waals surface area contributed by atoms with E-state index in [1.54, 1.807) is 24.1 Å². The Labute approximate surface area is 118 Å². The standard InChI is InChI=1S/C15H18N2O3/c1-15(2,3)20-14(18)17-8-11-10(7-16)5-6-13(19-4)12(11)9-17/h5-6H,8-9H2,1-4H3. The third-order valence-electron chi connectivity index (χ3n) is 3.08. The summed E-state index contributed by atoms with van der Waals surface area (Å²) in [4.78, 5) is 13.7. The maximum absolute atomic E-state index is 12.1. The molecule has 1 aromatic rings. The van der Waals surface area contributed by atoms with Crippen LogP contribution in [0, 0.1) is 11.3 Å². The normalized spacial score (nSPS) is 13.7. The van der Waals surface area contributed by atoms with Crippen molar-refractivity contribution < 1.29 is 14.3 Å². The summed E-state index contributed by atoms with van der Waals surface area (Å²) in [6, 6.07) is 5.63. The first-order valence-electron chi connectivity index (χ1n) is 6.42. The van der Waals surface area contributed by atoms with Crippen LogP contribution in [-0.2, 0) is 17.8 Å². The third kappa shape index (κ3) is 2.69. The topological polar surface area (TPSA) is 62.6 Å². The van der Waals surface area contributed by atoms with Gasteiger partial charge in [0.15, 0.2) is 0 Å². The molecule has 0 radical (unpaired) electrons. The average molecular weight is 274 g/mol. The second kappa shape index (κ2) is 5.04. The molecule has 0 bridgehead atoms. The van der Waals surface area contributed by atoms with E-state index in [-0.39, 0.29) is 6.09 Å². The fourth-order valence-corrected chi connectivity index (χ4v) is 2.21. The molecule has 0 saturated carbocycles. The highest BCUT2D eigenvalue weighted by molar-refractivity contribution is 5.70. The quantitative estimate of drug-likeness (QED) is 0.790. The molecule has 0 aliphatic carbocycles. The Bertz CT molecular complexity index is 582. The van der Waals surface area contributed by atoms with Gasteiger partial charge < -0.3 is 9.47 Å². The number of hydrogen-bond donors (Lipinski definition) is 0. The van der Waals surface area contributed by atoms with Crippen LogP contribution >= 0.6 is 0 Å². The monoisotopic (exact) mass is 274 g/mol. The minimum Gasteiger partial charge on any atom is -0.496 e. The van der Waals surface area contributed by atoms with Gasteiger partial charge in [-0.3, -0.25) is 4.90 Å². The Morgan fingerprint density at radius 3 is 2.50 bits per heavy atom. The van der Waals surface area contributed by atoms with E-state index in [1.807, 2.05) is 20.8 Å². The number of nitriles is 1. The van der Waals surface area contributed by atoms with Crippen LogP contribution in [0.4, 0.5) is 4.79 Å². The highest BCUT2D eigenvalue weighted by atomic mass is 16.6. The molecule has 0 spiro atoms. The van der Waals surface area contributed by atoms with Crippen LogP contribution < -0.4 is 4.74 Å². The van der Waals surface area contributed by atoms with Gasteiger partial charge in [-0.1, -0.05) is 0 Å². The molecule has 106 valence electrons. The predicted octanol–water partition coefficient (Wildman–Crippen LogP) is 2.82. The van der Waals surface area contributed by atoms with Gasteiger partial charge >= 0.3 is 6.09 Å². The van der Waals surface area contributed by atoms with Gasteiger partial charge in [-0.15, -0.1) is 0 Å². The van der Waals surface area contributed by atoms with Crippen LogP contribution in [0.15, 0.2) is 12.1 Å². The van der Waals surface area contributed by atoms with E-state index in [2.05, 4.69) is 6.07 Å². The van der Waals surface area contributed by atoms with Crippen molar-refractivity contribution >= 4 is 6.09 Å². The molecule has 1 aliphatic rings. The summed E-state index contributed by atoms with van der Waals surface area (Å²) < 4.78 is 10.7. The highest BCUT2D eigenvalue weighted by Crippen LogP contribution is 2.33. The van der Waals surface area contributed by atoms with Gasteiger partial charge in [0.2, 0.25) is 0 Å². The van der Waals surface area contributed by atoms with E-state index >= 15 is 0 Å². The van der Waals surface area contributed by atoms with E-state index in [9.17, 15) is 4.79 Å². The largest absolute Gasteiger partial charge is 0.496 e. The molecular formula is C15H18N2O3. The first-order valence-corrected chi connectivity index (χ1v) is 6.42. The molecule has 0 unspecified atom stereocenters. The van der Waals surface area contributed by atoms with Gasteiger partial charge in [0, 0.05) is 5.56 Å². The number of fused-ring (bicyclic) bond motifs is 1. The van der Waals surface area contributed by atoms with Crippen LogP contribution in [0.1, 0.15) is 37.5 Å². The summed E-state index contributed by atoms with van der Waals surface area (Å²) >= 11 is 0. The Morgan fingerprint density at radius 1 is 1.30 bits per heavy atom. The summed E-state index contributed by atoms with van der Waals surface area (Å²) in [5.74, 6) is 0.699. The van der Waals surface area contributed by atoms with Crippen molar-refractivity contribution in [1.29, 1.82) is 5.26 Å². The number of rotatable bonds is 1. The lowest BCUT2D eigenvalue weighted by molar-refractivity contribution is 0.0241. The molecule has 20 heavy (non-hydrogen) atoms. The lowest BCUT2D eigenvalue weighted by atomic mass is 10.0. The van der Waals surface area contributed by atoms with E-state index in [0.717, 1.165) is 11.1 Å². The maximum Gasteiger partial charge on any atom is 0.410 e. The molecule has 0 N–H and O–H groups in total. The van der Waals surface area contributed by atoms with Gasteiger partial charge in [-0.25, -0.2) is 4.79 Å². The summed E-state index contributed by atoms with van der Waals surface area (Å²) in [6.07, 6.45) is -0.375. The van der Waals surface area contributed by atoms with Crippen molar-refractivity contribution in [3.8, 4) is 11.8 Å². The number of amides is 1. The number of methoxy groups -OCH3 is 1. The van der Waals surface area contributed by atoms with Gasteiger partial charge in [-0.2, -0.15) is 5.26 Å². The molecule has 0 atom stereocenters. The molecule has 5 nitrogen and oxygen atoms in total. The summed E-state index contributed by atoms with van der Waals surface area (Å²) in [6.45, 7) is 6.27. The van der Waals surface area contributed by atoms with Crippen molar-refractivity contribution in [2.45, 2.75) is 39.5 Å². The van der Waals surface area contributed by atoms with Gasteiger partial charge in [0.25, 0.3) is 0 Å². The van der Waals surface area contributed by atoms with Crippen LogP contribution in [0.5, 0.6) is 5.75 Å². The Morgan fingerprint density at radius 2 is 1.95 bits per heavy atom. The number of ether oxygens (including phenoxy) is 2. The molecule has 1 amide bonds. The Kier molecular flexibility index (Phi) is 3.58. The molecular weight excluding hydrogens is 256 g/mol. The lowest BCUT2D eigenvalue weighted by Gasteiger charge is -2.24. The zero-order valence-electron chi connectivity index (χ0n) is 12.2. The van der Waals surface area contributed by atoms with E-state index in [4.69, 9.17) is 14.7 Å². The van der Waals surface area contributed by atoms with Crippen molar-refractivity contribution in [2.75, 3.05) is 7.11 Å². The van der Waals surface area contributed by atoms with E-state index < -0.39 is 5.60 Å². The second-order valence-corrected chi connectivity index (χ2v) is 5.72. The van der Waals surface area contributed by atoms with Crippen molar-refractivity contribution in [2.24, 2.45) is 0 Å². The molecule has 1 heterocycles. The first kappa shape index (κ1) is 14.2. The number of carbonyl (C=O) groups excluding carboxylic acids is 1. The molecule has 1 aliphatic heterocycles. The van der Waals surface area contributed by atoms with Crippen LogP contribution in [0.2, 0.25) is 0 Å². The zero-order valence-corrected chi connectivity index (χ0v) is 12.2. The second-order valence-electron chi connectivity index (χ2n) is 5.72. The number of nitrogens with zero attached hydrogens (tertiary/aromatic N) is 2. The minimum absolute atomic E-state index is 0.375. The molecule has 0 fully saturated rings. The van der Waals surface area contributed by atoms with E-state index in [0.29, 0.717) is 24.4 Å². The summed E-state index contributed by atoms with van der Waals surface area (Å²) in [5.41, 5.74) is 1.77. The molecule has 1 aromatic carbocycles. The summed E-state index contributed by atoms with van der Waals surface area (Å²) in [5, 5.41) is 9.15. The third-order valence-corrected chi connectivity index (χ3v) is 3.08. The first-order chi connectivity index (χ1) is 9.35. The molecule has 0 aromatic heterocycles. The predicted molar refractivity (Wildman–Crippen MR) is 73.2 cm³/mol. The Hall–Kier alpha value is -2.22. The van der Waals surface area contributed by atoms with Crippen molar-refractivity contribution in [3.05, 3.63) is 28.8 Å². The SMILES string of the molecule is COc1ccc(C#N)c2c1CN(C(=O)OC(C)(C)C)C2. The van der Waals surface area contributed by atoms with E-state index in [1.165, 1.54) is 0 Å². The van der Waals surface area contributed by atoms with Crippen molar-refractivity contribution in [1.82, 2.24) is 4.90 Å². The smallest absolute Gasteiger partial charge is 0.410 e. The van der Waals surface area contributed by atoms with Crippen LogP contribution in [-0.4, -0.2) is 23.7 Å². The minimum atomic E-state index is -0.534. The van der Waals surface area contributed by atoms with Crippen molar-refractivity contribution in [3.63, 3.8) is 0 Å². The highest BCUT2D eigenvalue weighted by Gasteiger charge is 2.31. The lowest BCUT2D eigenvalue weighted by Crippen LogP contribution is -2.33. The fourth-order valence-electron chi connectivity index (χ4n) is 2.21. The van der Waals surface area contributed by atoms with Gasteiger partial charge in [0.1, 0.15) is 11.4 Å². The molecule has 0 saturated heterocycles. The van der Waals surface area contributed by atoms with Crippen LogP contribution in [0.25, 0.3) is 0 Å². The maximum atomic E-state index is 12.1. The number of carbonyl (C=O) groups is 1. The fraction of sp³-hybridized carbons (Fsp3) is 0.467. The van der Waals surface area contributed by atoms with Gasteiger partial charge in [-0.05, 0) is 38.5 Å². The molecule has 5 heteroatoms. The zero-order chi connectivity index (χ0) is 14.9. The molecule has 2 rings (SSSR count). The number of benzene rings is 1.